The van der Waals surface area contributed by atoms with Crippen molar-refractivity contribution in [3.05, 3.63) is 42.7 Å². The molecule has 1 aromatic heterocycles. The molecule has 5 heteroatoms. The topological polar surface area (TPSA) is 50.2 Å². The van der Waals surface area contributed by atoms with E-state index >= 15 is 0 Å². The molecule has 4 fully saturated rings. The SMILES string of the molecule is O=C(Nc1cccc(-n2cccn2)c1)N1CC2CC3CC(C2)CC1C3. The van der Waals surface area contributed by atoms with Crippen molar-refractivity contribution in [1.29, 1.82) is 0 Å². The van der Waals surface area contributed by atoms with E-state index in [0.29, 0.717) is 12.0 Å². The molecule has 5 nitrogen and oxygen atoms in total. The minimum Gasteiger partial charge on any atom is -0.321 e. The van der Waals surface area contributed by atoms with Gasteiger partial charge in [0.15, 0.2) is 0 Å². The second-order valence-corrected chi connectivity index (χ2v) is 8.01. The molecule has 1 N–H and O–H groups in total. The number of hydrogen-bond donors (Lipinski definition) is 1. The minimum absolute atomic E-state index is 0.0656. The third-order valence-corrected chi connectivity index (χ3v) is 6.23. The number of carbonyl (C=O) groups excluding carboxylic acids is 1. The van der Waals surface area contributed by atoms with Crippen LogP contribution in [0.1, 0.15) is 32.1 Å². The first kappa shape index (κ1) is 15.0. The fourth-order valence-electron chi connectivity index (χ4n) is 5.38. The third-order valence-electron chi connectivity index (χ3n) is 6.23. The molecule has 130 valence electrons. The average molecular weight is 336 g/mol. The van der Waals surface area contributed by atoms with Crippen LogP contribution >= 0.6 is 0 Å². The molecule has 2 saturated carbocycles. The van der Waals surface area contributed by atoms with Crippen molar-refractivity contribution >= 4 is 11.7 Å². The summed E-state index contributed by atoms with van der Waals surface area (Å²) in [5.41, 5.74) is 1.79. The Hall–Kier alpha value is -2.30. The zero-order valence-electron chi connectivity index (χ0n) is 14.3. The van der Waals surface area contributed by atoms with Crippen molar-refractivity contribution in [3.63, 3.8) is 0 Å². The number of anilines is 1. The molecule has 2 aromatic rings. The maximum absolute atomic E-state index is 13.0. The third kappa shape index (κ3) is 2.81. The van der Waals surface area contributed by atoms with Crippen molar-refractivity contribution in [3.8, 4) is 5.69 Å². The second kappa shape index (κ2) is 5.90. The molecular weight excluding hydrogens is 312 g/mol. The molecule has 0 spiro atoms. The van der Waals surface area contributed by atoms with E-state index in [9.17, 15) is 4.79 Å². The molecule has 2 aliphatic heterocycles. The van der Waals surface area contributed by atoms with E-state index in [1.165, 1.54) is 32.1 Å². The molecule has 2 atom stereocenters. The summed E-state index contributed by atoms with van der Waals surface area (Å²) in [4.78, 5) is 15.1. The normalized spacial score (nSPS) is 30.3. The Labute approximate surface area is 148 Å². The Morgan fingerprint density at radius 2 is 1.84 bits per heavy atom. The van der Waals surface area contributed by atoms with Gasteiger partial charge < -0.3 is 10.2 Å². The van der Waals surface area contributed by atoms with Gasteiger partial charge in [0.25, 0.3) is 0 Å². The number of nitrogens with zero attached hydrogens (tertiary/aromatic N) is 3. The molecule has 0 radical (unpaired) electrons. The second-order valence-electron chi connectivity index (χ2n) is 8.01. The van der Waals surface area contributed by atoms with E-state index in [0.717, 1.165) is 29.8 Å². The van der Waals surface area contributed by atoms with E-state index in [1.807, 2.05) is 41.2 Å². The van der Waals surface area contributed by atoms with E-state index in [4.69, 9.17) is 0 Å². The van der Waals surface area contributed by atoms with Crippen LogP contribution in [0.5, 0.6) is 0 Å². The van der Waals surface area contributed by atoms with Crippen molar-refractivity contribution in [2.75, 3.05) is 11.9 Å². The first-order valence-electron chi connectivity index (χ1n) is 9.42. The van der Waals surface area contributed by atoms with Crippen LogP contribution in [0.2, 0.25) is 0 Å². The smallest absolute Gasteiger partial charge is 0.321 e. The lowest BCUT2D eigenvalue weighted by Crippen LogP contribution is -2.44. The molecule has 25 heavy (non-hydrogen) atoms. The predicted octanol–water partition coefficient (Wildman–Crippen LogP) is 3.91. The van der Waals surface area contributed by atoms with Gasteiger partial charge in [0.1, 0.15) is 0 Å². The molecule has 3 heterocycles. The predicted molar refractivity (Wildman–Crippen MR) is 96.6 cm³/mol. The lowest BCUT2D eigenvalue weighted by Gasteiger charge is -2.38. The molecular formula is C20H24N4O. The van der Waals surface area contributed by atoms with E-state index in [1.54, 1.807) is 6.20 Å². The highest BCUT2D eigenvalue weighted by Gasteiger charge is 2.44. The molecule has 4 aliphatic rings. The van der Waals surface area contributed by atoms with Gasteiger partial charge in [0.2, 0.25) is 0 Å². The summed E-state index contributed by atoms with van der Waals surface area (Å²) in [6.07, 6.45) is 10.1. The molecule has 6 rings (SSSR count). The van der Waals surface area contributed by atoms with Gasteiger partial charge in [-0.15, -0.1) is 0 Å². The fourth-order valence-corrected chi connectivity index (χ4v) is 5.38. The molecule has 2 amide bonds. The van der Waals surface area contributed by atoms with E-state index in [-0.39, 0.29) is 6.03 Å². The summed E-state index contributed by atoms with van der Waals surface area (Å²) < 4.78 is 1.81. The Morgan fingerprint density at radius 3 is 2.60 bits per heavy atom. The van der Waals surface area contributed by atoms with Gasteiger partial charge in [0.05, 0.1) is 5.69 Å². The van der Waals surface area contributed by atoms with Gasteiger partial charge in [-0.1, -0.05) is 6.07 Å². The van der Waals surface area contributed by atoms with Crippen molar-refractivity contribution in [1.82, 2.24) is 14.7 Å². The number of amides is 2. The Kier molecular flexibility index (Phi) is 3.54. The number of benzene rings is 1. The first-order chi connectivity index (χ1) is 12.2. The summed E-state index contributed by atoms with van der Waals surface area (Å²) in [6, 6.07) is 10.3. The molecule has 1 aromatic carbocycles. The zero-order chi connectivity index (χ0) is 16.8. The van der Waals surface area contributed by atoms with Gasteiger partial charge in [-0.3, -0.25) is 0 Å². The fraction of sp³-hybridized carbons (Fsp3) is 0.500. The van der Waals surface area contributed by atoms with Gasteiger partial charge in [-0.2, -0.15) is 5.10 Å². The van der Waals surface area contributed by atoms with Crippen LogP contribution < -0.4 is 5.32 Å². The number of fused-ring (bicyclic) bond motifs is 1. The summed E-state index contributed by atoms with van der Waals surface area (Å²) in [7, 11) is 0. The number of urea groups is 1. The largest absolute Gasteiger partial charge is 0.322 e. The highest BCUT2D eigenvalue weighted by atomic mass is 16.2. The minimum atomic E-state index is 0.0656. The number of aromatic nitrogens is 2. The van der Waals surface area contributed by atoms with Crippen LogP contribution in [-0.2, 0) is 0 Å². The molecule has 2 saturated heterocycles. The monoisotopic (exact) mass is 336 g/mol. The summed E-state index contributed by atoms with van der Waals surface area (Å²) >= 11 is 0. The maximum atomic E-state index is 13.0. The average Bonchev–Trinajstić information content (AvgIpc) is 3.06. The maximum Gasteiger partial charge on any atom is 0.322 e. The Bertz CT molecular complexity index is 758. The summed E-state index contributed by atoms with van der Waals surface area (Å²) in [5, 5.41) is 7.39. The van der Waals surface area contributed by atoms with Crippen molar-refractivity contribution < 1.29 is 4.79 Å². The van der Waals surface area contributed by atoms with E-state index < -0.39 is 0 Å². The van der Waals surface area contributed by atoms with Crippen LogP contribution in [0.15, 0.2) is 42.7 Å². The quantitative estimate of drug-likeness (QED) is 0.904. The summed E-state index contributed by atoms with van der Waals surface area (Å²) in [5.74, 6) is 2.41. The van der Waals surface area contributed by atoms with Crippen LogP contribution in [0.3, 0.4) is 0 Å². The number of hydrogen-bond acceptors (Lipinski definition) is 2. The van der Waals surface area contributed by atoms with Gasteiger partial charge in [0, 0.05) is 30.7 Å². The highest BCUT2D eigenvalue weighted by molar-refractivity contribution is 5.90. The first-order valence-corrected chi connectivity index (χ1v) is 9.42. The van der Waals surface area contributed by atoms with Crippen LogP contribution in [-0.4, -0.2) is 33.3 Å². The van der Waals surface area contributed by atoms with Crippen LogP contribution in [0.25, 0.3) is 5.69 Å². The van der Waals surface area contributed by atoms with Crippen molar-refractivity contribution in [2.45, 2.75) is 38.1 Å². The van der Waals surface area contributed by atoms with Gasteiger partial charge in [-0.05, 0) is 74.1 Å². The number of carbonyl (C=O) groups is 1. The Morgan fingerprint density at radius 1 is 1.04 bits per heavy atom. The van der Waals surface area contributed by atoms with Crippen LogP contribution in [0, 0.1) is 17.8 Å². The Balaban J connectivity index is 1.34. The van der Waals surface area contributed by atoms with E-state index in [2.05, 4.69) is 15.3 Å². The number of rotatable bonds is 2. The standard InChI is InChI=1S/C20H24N4O/c25-20(22-17-3-1-4-18(12-17)24-6-2-5-21-24)23-13-16-8-14-7-15(9-16)11-19(23)10-14/h1-6,12,14-16,19H,7-11,13H2,(H,22,25). The molecule has 4 bridgehead atoms. The van der Waals surface area contributed by atoms with Gasteiger partial charge in [-0.25, -0.2) is 9.48 Å². The van der Waals surface area contributed by atoms with Gasteiger partial charge >= 0.3 is 6.03 Å². The summed E-state index contributed by atoms with van der Waals surface area (Å²) in [6.45, 7) is 0.933. The highest BCUT2D eigenvalue weighted by Crippen LogP contribution is 2.47. The van der Waals surface area contributed by atoms with Crippen molar-refractivity contribution in [2.24, 2.45) is 17.8 Å². The number of nitrogens with one attached hydrogen (secondary N) is 1. The molecule has 2 unspecified atom stereocenters. The lowest BCUT2D eigenvalue weighted by molar-refractivity contribution is 0.136. The lowest BCUT2D eigenvalue weighted by atomic mass is 9.68. The molecule has 2 aliphatic carbocycles. The van der Waals surface area contributed by atoms with Crippen LogP contribution in [0.4, 0.5) is 10.5 Å². The zero-order valence-corrected chi connectivity index (χ0v) is 14.3.